The third kappa shape index (κ3) is 3.45. The molecule has 1 fully saturated rings. The molecule has 0 N–H and O–H groups in total. The molecule has 1 saturated heterocycles. The Kier molecular flexibility index (Phi) is 4.55. The van der Waals surface area contributed by atoms with Crippen molar-refractivity contribution in [1.29, 1.82) is 0 Å². The molecule has 0 unspecified atom stereocenters. The molecule has 0 atom stereocenters. The van der Waals surface area contributed by atoms with Crippen LogP contribution in [0.1, 0.15) is 23.2 Å². The predicted molar refractivity (Wildman–Crippen MR) is 103 cm³/mol. The third-order valence-corrected chi connectivity index (χ3v) is 6.35. The molecule has 6 heteroatoms. The second-order valence-corrected chi connectivity index (χ2v) is 8.11. The van der Waals surface area contributed by atoms with Crippen LogP contribution in [0.5, 0.6) is 0 Å². The van der Waals surface area contributed by atoms with Crippen LogP contribution < -0.4 is 4.90 Å². The van der Waals surface area contributed by atoms with E-state index in [1.54, 1.807) is 16.2 Å². The summed E-state index contributed by atoms with van der Waals surface area (Å²) in [5.41, 5.74) is 2.52. The smallest absolute Gasteiger partial charge is 0.227 e. The van der Waals surface area contributed by atoms with E-state index in [1.807, 2.05) is 48.5 Å². The van der Waals surface area contributed by atoms with Crippen LogP contribution in [0.25, 0.3) is 10.2 Å². The van der Waals surface area contributed by atoms with E-state index in [-0.39, 0.29) is 11.7 Å². The number of anilines is 1. The van der Waals surface area contributed by atoms with Crippen molar-refractivity contribution >= 4 is 50.7 Å². The van der Waals surface area contributed by atoms with Crippen molar-refractivity contribution < 1.29 is 9.59 Å². The highest BCUT2D eigenvalue weighted by atomic mass is 32.2. The average Bonchev–Trinajstić information content (AvgIpc) is 3.25. The summed E-state index contributed by atoms with van der Waals surface area (Å²) in [6, 6.07) is 15.3. The number of benzene rings is 2. The first kappa shape index (κ1) is 16.3. The molecule has 0 radical (unpaired) electrons. The summed E-state index contributed by atoms with van der Waals surface area (Å²) >= 11 is 3.08. The van der Waals surface area contributed by atoms with E-state index < -0.39 is 0 Å². The quantitative estimate of drug-likeness (QED) is 0.495. The maximum absolute atomic E-state index is 12.4. The zero-order valence-corrected chi connectivity index (χ0v) is 15.1. The molecule has 4 nitrogen and oxygen atoms in total. The Morgan fingerprint density at radius 2 is 1.96 bits per heavy atom. The summed E-state index contributed by atoms with van der Waals surface area (Å²) in [6.45, 7) is 0.763. The molecule has 25 heavy (non-hydrogen) atoms. The number of carbonyl (C=O) groups excluding carboxylic acids is 2. The minimum atomic E-state index is 0.0727. The van der Waals surface area contributed by atoms with Gasteiger partial charge in [0.25, 0.3) is 0 Å². The van der Waals surface area contributed by atoms with E-state index in [0.29, 0.717) is 17.7 Å². The van der Waals surface area contributed by atoms with Gasteiger partial charge in [-0.1, -0.05) is 23.9 Å². The van der Waals surface area contributed by atoms with E-state index >= 15 is 0 Å². The van der Waals surface area contributed by atoms with Gasteiger partial charge in [-0.05, 0) is 42.8 Å². The average molecular weight is 368 g/mol. The SMILES string of the molecule is O=C(CSc1nc2ccccc2s1)c1ccc(N2CCCC2=O)cc1. The molecule has 1 aliphatic heterocycles. The minimum absolute atomic E-state index is 0.0727. The Morgan fingerprint density at radius 1 is 1.16 bits per heavy atom. The van der Waals surface area contributed by atoms with Gasteiger partial charge in [0.2, 0.25) is 5.91 Å². The maximum Gasteiger partial charge on any atom is 0.227 e. The number of thiazole rings is 1. The van der Waals surface area contributed by atoms with Crippen LogP contribution in [0.15, 0.2) is 52.9 Å². The first-order valence-electron chi connectivity index (χ1n) is 8.13. The number of para-hydroxylation sites is 1. The number of fused-ring (bicyclic) bond motifs is 1. The third-order valence-electron chi connectivity index (χ3n) is 4.18. The van der Waals surface area contributed by atoms with E-state index in [2.05, 4.69) is 4.98 Å². The van der Waals surface area contributed by atoms with Crippen molar-refractivity contribution in [3.05, 3.63) is 54.1 Å². The highest BCUT2D eigenvalue weighted by Gasteiger charge is 2.21. The number of hydrogen-bond donors (Lipinski definition) is 0. The van der Waals surface area contributed by atoms with Gasteiger partial charge in [-0.25, -0.2) is 4.98 Å². The second-order valence-electron chi connectivity index (χ2n) is 5.86. The highest BCUT2D eigenvalue weighted by Crippen LogP contribution is 2.30. The fourth-order valence-electron chi connectivity index (χ4n) is 2.87. The fourth-order valence-corrected chi connectivity index (χ4v) is 4.83. The Labute approximate surface area is 153 Å². The van der Waals surface area contributed by atoms with Gasteiger partial charge in [-0.15, -0.1) is 11.3 Å². The van der Waals surface area contributed by atoms with Crippen molar-refractivity contribution in [1.82, 2.24) is 4.98 Å². The van der Waals surface area contributed by atoms with Gasteiger partial charge >= 0.3 is 0 Å². The fraction of sp³-hybridized carbons (Fsp3) is 0.211. The van der Waals surface area contributed by atoms with Crippen LogP contribution in [0.3, 0.4) is 0 Å². The molecule has 4 rings (SSSR count). The van der Waals surface area contributed by atoms with Gasteiger partial charge in [0, 0.05) is 24.2 Å². The summed E-state index contributed by atoms with van der Waals surface area (Å²) in [4.78, 5) is 30.5. The summed E-state index contributed by atoms with van der Waals surface area (Å²) in [6.07, 6.45) is 1.51. The lowest BCUT2D eigenvalue weighted by atomic mass is 10.1. The van der Waals surface area contributed by atoms with Crippen molar-refractivity contribution in [3.63, 3.8) is 0 Å². The standard InChI is InChI=1S/C19H16N2O2S2/c22-16(12-24-19-20-15-4-1-2-5-17(15)25-19)13-7-9-14(10-8-13)21-11-3-6-18(21)23/h1-2,4-5,7-10H,3,6,11-12H2. The lowest BCUT2D eigenvalue weighted by Gasteiger charge is -2.15. The normalized spacial score (nSPS) is 14.4. The number of aromatic nitrogens is 1. The van der Waals surface area contributed by atoms with Gasteiger partial charge in [-0.3, -0.25) is 9.59 Å². The van der Waals surface area contributed by atoms with Crippen molar-refractivity contribution in [2.24, 2.45) is 0 Å². The molecule has 0 spiro atoms. The van der Waals surface area contributed by atoms with Crippen molar-refractivity contribution in [2.45, 2.75) is 17.2 Å². The van der Waals surface area contributed by atoms with Gasteiger partial charge < -0.3 is 4.90 Å². The van der Waals surface area contributed by atoms with Crippen molar-refractivity contribution in [3.8, 4) is 0 Å². The van der Waals surface area contributed by atoms with Gasteiger partial charge in [0.05, 0.1) is 16.0 Å². The van der Waals surface area contributed by atoms with Crippen LogP contribution in [-0.2, 0) is 4.79 Å². The summed E-state index contributed by atoms with van der Waals surface area (Å²) in [5.74, 6) is 0.593. The number of Topliss-reactive ketones (excluding diaryl/α,β-unsaturated/α-hetero) is 1. The number of nitrogens with zero attached hydrogens (tertiary/aromatic N) is 2. The molecular weight excluding hydrogens is 352 g/mol. The summed E-state index contributed by atoms with van der Waals surface area (Å²) < 4.78 is 2.05. The number of ketones is 1. The van der Waals surface area contributed by atoms with E-state index in [4.69, 9.17) is 0 Å². The second kappa shape index (κ2) is 6.98. The highest BCUT2D eigenvalue weighted by molar-refractivity contribution is 8.01. The minimum Gasteiger partial charge on any atom is -0.312 e. The van der Waals surface area contributed by atoms with Gasteiger partial charge in [-0.2, -0.15) is 0 Å². The zero-order valence-electron chi connectivity index (χ0n) is 13.5. The van der Waals surface area contributed by atoms with E-state index in [1.165, 1.54) is 11.8 Å². The molecular formula is C19H16N2O2S2. The molecule has 2 aromatic carbocycles. The lowest BCUT2D eigenvalue weighted by Crippen LogP contribution is -2.23. The molecule has 1 amide bonds. The van der Waals surface area contributed by atoms with Gasteiger partial charge in [0.1, 0.15) is 0 Å². The van der Waals surface area contributed by atoms with Crippen molar-refractivity contribution in [2.75, 3.05) is 17.2 Å². The molecule has 1 aliphatic rings. The molecule has 0 bridgehead atoms. The number of amides is 1. The monoisotopic (exact) mass is 368 g/mol. The van der Waals surface area contributed by atoms with Crippen LogP contribution in [0, 0.1) is 0 Å². The number of rotatable bonds is 5. The van der Waals surface area contributed by atoms with E-state index in [0.717, 1.165) is 33.2 Å². The van der Waals surface area contributed by atoms with Crippen LogP contribution in [0.2, 0.25) is 0 Å². The predicted octanol–water partition coefficient (Wildman–Crippen LogP) is 4.40. The number of carbonyl (C=O) groups is 2. The topological polar surface area (TPSA) is 50.3 Å². The molecule has 1 aromatic heterocycles. The van der Waals surface area contributed by atoms with Crippen LogP contribution in [-0.4, -0.2) is 29.0 Å². The Hall–Kier alpha value is -2.18. The molecule has 2 heterocycles. The molecule has 126 valence electrons. The Morgan fingerprint density at radius 3 is 2.68 bits per heavy atom. The van der Waals surface area contributed by atoms with E-state index in [9.17, 15) is 9.59 Å². The Balaban J connectivity index is 1.41. The Bertz CT molecular complexity index is 901. The van der Waals surface area contributed by atoms with Crippen LogP contribution in [0.4, 0.5) is 5.69 Å². The number of thioether (sulfide) groups is 1. The van der Waals surface area contributed by atoms with Gasteiger partial charge in [0.15, 0.2) is 10.1 Å². The summed E-state index contributed by atoms with van der Waals surface area (Å²) in [7, 11) is 0. The largest absolute Gasteiger partial charge is 0.312 e. The number of hydrogen-bond acceptors (Lipinski definition) is 5. The summed E-state index contributed by atoms with van der Waals surface area (Å²) in [5, 5.41) is 0. The lowest BCUT2D eigenvalue weighted by molar-refractivity contribution is -0.117. The molecule has 3 aromatic rings. The maximum atomic E-state index is 12.4. The molecule has 0 aliphatic carbocycles. The first-order valence-corrected chi connectivity index (χ1v) is 9.93. The zero-order chi connectivity index (χ0) is 17.2. The molecule has 0 saturated carbocycles. The van der Waals surface area contributed by atoms with Crippen LogP contribution >= 0.6 is 23.1 Å². The first-order chi connectivity index (χ1) is 12.2.